The van der Waals surface area contributed by atoms with Crippen LogP contribution in [0.1, 0.15) is 38.2 Å². The van der Waals surface area contributed by atoms with Crippen molar-refractivity contribution in [3.8, 4) is 0 Å². The zero-order valence-electron chi connectivity index (χ0n) is 11.9. The molecule has 1 aliphatic carbocycles. The van der Waals surface area contributed by atoms with Crippen molar-refractivity contribution in [3.05, 3.63) is 23.7 Å². The first-order valence-corrected chi connectivity index (χ1v) is 7.38. The molecule has 1 aromatic rings. The Kier molecular flexibility index (Phi) is 3.91. The van der Waals surface area contributed by atoms with E-state index in [4.69, 9.17) is 9.15 Å². The summed E-state index contributed by atoms with van der Waals surface area (Å²) in [4.78, 5) is 2.41. The maximum Gasteiger partial charge on any atom is 0.118 e. The quantitative estimate of drug-likeness (QED) is 0.884. The van der Waals surface area contributed by atoms with E-state index in [9.17, 15) is 0 Å². The van der Waals surface area contributed by atoms with Crippen LogP contribution in [0.25, 0.3) is 0 Å². The van der Waals surface area contributed by atoms with Crippen molar-refractivity contribution in [2.75, 3.05) is 13.1 Å². The van der Waals surface area contributed by atoms with E-state index >= 15 is 0 Å². The first-order chi connectivity index (χ1) is 9.19. The lowest BCUT2D eigenvalue weighted by atomic mass is 10.2. The molecule has 0 radical (unpaired) electrons. The molecule has 4 heteroatoms. The van der Waals surface area contributed by atoms with Crippen molar-refractivity contribution in [1.29, 1.82) is 0 Å². The van der Waals surface area contributed by atoms with Gasteiger partial charge in [-0.1, -0.05) is 0 Å². The number of nitrogens with one attached hydrogen (secondary N) is 1. The first kappa shape index (κ1) is 13.2. The first-order valence-electron chi connectivity index (χ1n) is 7.38. The van der Waals surface area contributed by atoms with Crippen molar-refractivity contribution in [1.82, 2.24) is 10.2 Å². The lowest BCUT2D eigenvalue weighted by Gasteiger charge is -2.34. The van der Waals surface area contributed by atoms with Crippen LogP contribution in [-0.2, 0) is 17.8 Å². The Labute approximate surface area is 115 Å². The van der Waals surface area contributed by atoms with Crippen LogP contribution < -0.4 is 5.32 Å². The van der Waals surface area contributed by atoms with E-state index < -0.39 is 0 Å². The van der Waals surface area contributed by atoms with Gasteiger partial charge in [-0.2, -0.15) is 0 Å². The third kappa shape index (κ3) is 3.81. The van der Waals surface area contributed by atoms with Crippen LogP contribution in [0.5, 0.6) is 0 Å². The molecule has 2 atom stereocenters. The highest BCUT2D eigenvalue weighted by molar-refractivity contribution is 5.07. The minimum absolute atomic E-state index is 0.315. The number of furan rings is 1. The summed E-state index contributed by atoms with van der Waals surface area (Å²) in [5, 5.41) is 3.48. The summed E-state index contributed by atoms with van der Waals surface area (Å²) in [6.45, 7) is 8.00. The Hall–Kier alpha value is -0.840. The Morgan fingerprint density at radius 2 is 1.84 bits per heavy atom. The Balaban J connectivity index is 1.51. The molecular weight excluding hydrogens is 240 g/mol. The molecule has 0 unspecified atom stereocenters. The summed E-state index contributed by atoms with van der Waals surface area (Å²) in [6, 6.07) is 4.93. The summed E-state index contributed by atoms with van der Waals surface area (Å²) in [5.74, 6) is 2.12. The van der Waals surface area contributed by atoms with E-state index in [1.807, 2.05) is 0 Å². The van der Waals surface area contributed by atoms with Crippen molar-refractivity contribution in [2.45, 2.75) is 58.0 Å². The molecule has 1 saturated carbocycles. The van der Waals surface area contributed by atoms with Gasteiger partial charge in [-0.3, -0.25) is 4.90 Å². The smallest absolute Gasteiger partial charge is 0.118 e. The highest BCUT2D eigenvalue weighted by Gasteiger charge is 2.23. The van der Waals surface area contributed by atoms with Crippen LogP contribution in [-0.4, -0.2) is 36.2 Å². The van der Waals surface area contributed by atoms with Gasteiger partial charge in [-0.05, 0) is 38.8 Å². The van der Waals surface area contributed by atoms with Crippen LogP contribution >= 0.6 is 0 Å². The van der Waals surface area contributed by atoms with Gasteiger partial charge in [0.1, 0.15) is 11.5 Å². The summed E-state index contributed by atoms with van der Waals surface area (Å²) < 4.78 is 11.6. The summed E-state index contributed by atoms with van der Waals surface area (Å²) in [6.07, 6.45) is 3.26. The van der Waals surface area contributed by atoms with Crippen molar-refractivity contribution in [3.63, 3.8) is 0 Å². The van der Waals surface area contributed by atoms with Crippen molar-refractivity contribution < 1.29 is 9.15 Å². The van der Waals surface area contributed by atoms with E-state index in [2.05, 4.69) is 36.2 Å². The molecule has 0 bridgehead atoms. The lowest BCUT2D eigenvalue weighted by molar-refractivity contribution is -0.0718. The molecule has 3 rings (SSSR count). The molecule has 1 saturated heterocycles. The van der Waals surface area contributed by atoms with Gasteiger partial charge in [0.15, 0.2) is 0 Å². The molecule has 1 N–H and O–H groups in total. The normalized spacial score (nSPS) is 28.7. The van der Waals surface area contributed by atoms with Crippen LogP contribution in [0.15, 0.2) is 16.5 Å². The van der Waals surface area contributed by atoms with Gasteiger partial charge in [0.25, 0.3) is 0 Å². The molecule has 4 nitrogen and oxygen atoms in total. The van der Waals surface area contributed by atoms with Gasteiger partial charge in [0.2, 0.25) is 0 Å². The Morgan fingerprint density at radius 3 is 2.53 bits per heavy atom. The predicted octanol–water partition coefficient (Wildman–Crippen LogP) is 2.14. The predicted molar refractivity (Wildman–Crippen MR) is 73.9 cm³/mol. The van der Waals surface area contributed by atoms with Crippen LogP contribution in [0.2, 0.25) is 0 Å². The van der Waals surface area contributed by atoms with Crippen molar-refractivity contribution in [2.24, 2.45) is 0 Å². The van der Waals surface area contributed by atoms with Crippen LogP contribution in [0, 0.1) is 0 Å². The van der Waals surface area contributed by atoms with E-state index in [-0.39, 0.29) is 0 Å². The second-order valence-corrected chi connectivity index (χ2v) is 5.97. The van der Waals surface area contributed by atoms with Crippen molar-refractivity contribution >= 4 is 0 Å². The average molecular weight is 264 g/mol. The average Bonchev–Trinajstić information content (AvgIpc) is 3.06. The van der Waals surface area contributed by atoms with E-state index in [1.165, 1.54) is 12.8 Å². The maximum absolute atomic E-state index is 5.89. The zero-order chi connectivity index (χ0) is 13.2. The molecule has 2 fully saturated rings. The summed E-state index contributed by atoms with van der Waals surface area (Å²) in [5.41, 5.74) is 0. The fourth-order valence-electron chi connectivity index (χ4n) is 2.77. The third-order valence-electron chi connectivity index (χ3n) is 3.73. The number of morpholine rings is 1. The molecular formula is C15H24N2O2. The summed E-state index contributed by atoms with van der Waals surface area (Å²) >= 11 is 0. The highest BCUT2D eigenvalue weighted by atomic mass is 16.5. The molecule has 1 aliphatic heterocycles. The molecule has 0 spiro atoms. The van der Waals surface area contributed by atoms with E-state index in [0.29, 0.717) is 12.2 Å². The number of hydrogen-bond acceptors (Lipinski definition) is 4. The monoisotopic (exact) mass is 264 g/mol. The molecule has 2 heterocycles. The molecule has 2 aliphatic rings. The largest absolute Gasteiger partial charge is 0.463 e. The lowest BCUT2D eigenvalue weighted by Crippen LogP contribution is -2.44. The minimum Gasteiger partial charge on any atom is -0.463 e. The second kappa shape index (κ2) is 5.65. The fraction of sp³-hybridized carbons (Fsp3) is 0.733. The molecule has 106 valence electrons. The van der Waals surface area contributed by atoms with Crippen LogP contribution in [0.3, 0.4) is 0 Å². The number of nitrogens with zero attached hydrogens (tertiary/aromatic N) is 1. The Morgan fingerprint density at radius 1 is 1.16 bits per heavy atom. The summed E-state index contributed by atoms with van der Waals surface area (Å²) in [7, 11) is 0. The Bertz CT molecular complexity index is 404. The number of ether oxygens (including phenoxy) is 1. The molecule has 1 aromatic heterocycles. The highest BCUT2D eigenvalue weighted by Crippen LogP contribution is 2.20. The van der Waals surface area contributed by atoms with E-state index in [0.717, 1.165) is 43.7 Å². The topological polar surface area (TPSA) is 37.6 Å². The standard InChI is InChI=1S/C15H24N2O2/c1-11-8-17(9-12(2)18-11)10-15-6-5-14(19-15)7-16-13-3-4-13/h5-6,11-13,16H,3-4,7-10H2,1-2H3/t11-,12+. The van der Waals surface area contributed by atoms with E-state index in [1.54, 1.807) is 0 Å². The molecule has 19 heavy (non-hydrogen) atoms. The number of rotatable bonds is 5. The van der Waals surface area contributed by atoms with Gasteiger partial charge in [0.05, 0.1) is 25.3 Å². The minimum atomic E-state index is 0.315. The van der Waals surface area contributed by atoms with Gasteiger partial charge in [-0.15, -0.1) is 0 Å². The molecule has 0 amide bonds. The second-order valence-electron chi connectivity index (χ2n) is 5.97. The fourth-order valence-corrected chi connectivity index (χ4v) is 2.77. The number of hydrogen-bond donors (Lipinski definition) is 1. The maximum atomic E-state index is 5.89. The SMILES string of the molecule is C[C@@H]1CN(Cc2ccc(CNC3CC3)o2)C[C@H](C)O1. The van der Waals surface area contributed by atoms with Gasteiger partial charge < -0.3 is 14.5 Å². The van der Waals surface area contributed by atoms with Gasteiger partial charge in [0, 0.05) is 19.1 Å². The molecule has 0 aromatic carbocycles. The van der Waals surface area contributed by atoms with Gasteiger partial charge in [-0.25, -0.2) is 0 Å². The third-order valence-corrected chi connectivity index (χ3v) is 3.73. The van der Waals surface area contributed by atoms with Crippen LogP contribution in [0.4, 0.5) is 0 Å². The van der Waals surface area contributed by atoms with Gasteiger partial charge >= 0.3 is 0 Å². The zero-order valence-corrected chi connectivity index (χ0v) is 11.9.